The number of benzene rings is 3. The summed E-state index contributed by atoms with van der Waals surface area (Å²) in [5, 5.41) is 0.485. The van der Waals surface area contributed by atoms with Gasteiger partial charge in [0.1, 0.15) is 6.54 Å². The van der Waals surface area contributed by atoms with Crippen LogP contribution < -0.4 is 4.31 Å². The Bertz CT molecular complexity index is 1140. The van der Waals surface area contributed by atoms with Gasteiger partial charge in [0.05, 0.1) is 10.6 Å². The summed E-state index contributed by atoms with van der Waals surface area (Å²) in [7, 11) is -2.28. The Labute approximate surface area is 188 Å². The van der Waals surface area contributed by atoms with Crippen LogP contribution >= 0.6 is 11.6 Å². The number of anilines is 1. The minimum Gasteiger partial charge on any atom is -0.340 e. The van der Waals surface area contributed by atoms with E-state index < -0.39 is 10.0 Å². The van der Waals surface area contributed by atoms with E-state index in [4.69, 9.17) is 11.6 Å². The van der Waals surface area contributed by atoms with Crippen molar-refractivity contribution in [2.45, 2.75) is 25.3 Å². The number of nitrogens with zero attached hydrogens (tertiary/aromatic N) is 2. The van der Waals surface area contributed by atoms with Gasteiger partial charge in [0, 0.05) is 18.6 Å². The van der Waals surface area contributed by atoms with E-state index in [0.29, 0.717) is 17.3 Å². The van der Waals surface area contributed by atoms with Crippen LogP contribution in [0.5, 0.6) is 0 Å². The average molecular weight is 457 g/mol. The third kappa shape index (κ3) is 5.66. The van der Waals surface area contributed by atoms with E-state index in [0.717, 1.165) is 21.0 Å². The molecule has 0 saturated heterocycles. The molecule has 0 aliphatic carbocycles. The summed E-state index contributed by atoms with van der Waals surface area (Å²) < 4.78 is 27.9. The van der Waals surface area contributed by atoms with E-state index in [1.165, 1.54) is 4.90 Å². The molecule has 31 heavy (non-hydrogen) atoms. The van der Waals surface area contributed by atoms with E-state index in [2.05, 4.69) is 0 Å². The number of carbonyl (C=O) groups excluding carboxylic acids is 1. The first-order valence-electron chi connectivity index (χ1n) is 9.81. The topological polar surface area (TPSA) is 57.7 Å². The molecule has 0 unspecified atom stereocenters. The van der Waals surface area contributed by atoms with Crippen LogP contribution in [0.2, 0.25) is 5.02 Å². The molecule has 5 nitrogen and oxygen atoms in total. The summed E-state index contributed by atoms with van der Waals surface area (Å²) in [5.41, 5.74) is 3.43. The van der Waals surface area contributed by atoms with Gasteiger partial charge in [-0.1, -0.05) is 59.1 Å². The molecule has 7 heteroatoms. The summed E-state index contributed by atoms with van der Waals surface area (Å²) in [6.07, 6.45) is 0. The normalized spacial score (nSPS) is 11.2. The number of hydrogen-bond acceptors (Lipinski definition) is 3. The van der Waals surface area contributed by atoms with Crippen molar-refractivity contribution in [3.05, 3.63) is 94.5 Å². The van der Waals surface area contributed by atoms with Gasteiger partial charge >= 0.3 is 0 Å². The Hall–Kier alpha value is -2.83. The van der Waals surface area contributed by atoms with E-state index in [1.54, 1.807) is 55.6 Å². The molecule has 0 heterocycles. The maximum Gasteiger partial charge on any atom is 0.264 e. The first-order valence-corrected chi connectivity index (χ1v) is 11.6. The van der Waals surface area contributed by atoms with Crippen molar-refractivity contribution in [2.75, 3.05) is 17.9 Å². The molecular formula is C24H25ClN2O3S. The van der Waals surface area contributed by atoms with Crippen molar-refractivity contribution < 1.29 is 13.2 Å². The van der Waals surface area contributed by atoms with E-state index in [1.807, 2.05) is 38.1 Å². The summed E-state index contributed by atoms with van der Waals surface area (Å²) in [6, 6.07) is 20.9. The van der Waals surface area contributed by atoms with Gasteiger partial charge in [-0.25, -0.2) is 8.42 Å². The van der Waals surface area contributed by atoms with Gasteiger partial charge in [0.25, 0.3) is 10.0 Å². The standard InChI is InChI=1S/C24H25ClN2O3S/c1-18-4-8-20(9-5-18)16-26(3)24(28)17-27(22-12-10-21(25)11-13-22)31(29,30)23-14-6-19(2)7-15-23/h4-15H,16-17H2,1-3H3. The highest BCUT2D eigenvalue weighted by Crippen LogP contribution is 2.25. The molecule has 3 rings (SSSR count). The zero-order valence-electron chi connectivity index (χ0n) is 17.7. The molecule has 0 radical (unpaired) electrons. The molecule has 0 N–H and O–H groups in total. The van der Waals surface area contributed by atoms with Crippen LogP contribution in [0.25, 0.3) is 0 Å². The first-order chi connectivity index (χ1) is 14.7. The second-order valence-electron chi connectivity index (χ2n) is 7.54. The Morgan fingerprint density at radius 1 is 0.839 bits per heavy atom. The number of aryl methyl sites for hydroxylation is 2. The Morgan fingerprint density at radius 3 is 1.90 bits per heavy atom. The third-order valence-corrected chi connectivity index (χ3v) is 7.01. The van der Waals surface area contributed by atoms with Crippen molar-refractivity contribution in [2.24, 2.45) is 0 Å². The molecular weight excluding hydrogens is 432 g/mol. The molecule has 0 fully saturated rings. The number of rotatable bonds is 7. The second kappa shape index (κ2) is 9.54. The zero-order chi connectivity index (χ0) is 22.6. The lowest BCUT2D eigenvalue weighted by molar-refractivity contribution is -0.128. The lowest BCUT2D eigenvalue weighted by atomic mass is 10.1. The third-order valence-electron chi connectivity index (χ3n) is 4.97. The Kier molecular flexibility index (Phi) is 7.03. The number of likely N-dealkylation sites (N-methyl/N-ethyl adjacent to an activating group) is 1. The van der Waals surface area contributed by atoms with Gasteiger partial charge in [-0.2, -0.15) is 0 Å². The van der Waals surface area contributed by atoms with Gasteiger partial charge in [0.2, 0.25) is 5.91 Å². The van der Waals surface area contributed by atoms with Crippen LogP contribution in [0.1, 0.15) is 16.7 Å². The molecule has 3 aromatic rings. The van der Waals surface area contributed by atoms with E-state index >= 15 is 0 Å². The molecule has 0 aliphatic heterocycles. The zero-order valence-corrected chi connectivity index (χ0v) is 19.3. The second-order valence-corrected chi connectivity index (χ2v) is 9.84. The van der Waals surface area contributed by atoms with Gasteiger partial charge in [-0.05, 0) is 55.8 Å². The highest BCUT2D eigenvalue weighted by molar-refractivity contribution is 7.92. The molecule has 0 saturated carbocycles. The van der Waals surface area contributed by atoms with Gasteiger partial charge in [0.15, 0.2) is 0 Å². The molecule has 1 amide bonds. The van der Waals surface area contributed by atoms with Crippen LogP contribution in [0.15, 0.2) is 77.7 Å². The molecule has 0 bridgehead atoms. The van der Waals surface area contributed by atoms with Crippen molar-refractivity contribution >= 4 is 33.2 Å². The van der Waals surface area contributed by atoms with Crippen LogP contribution in [-0.4, -0.2) is 32.8 Å². The Morgan fingerprint density at radius 2 is 1.35 bits per heavy atom. The fraction of sp³-hybridized carbons (Fsp3) is 0.208. The molecule has 0 spiro atoms. The van der Waals surface area contributed by atoms with E-state index in [-0.39, 0.29) is 17.3 Å². The number of carbonyl (C=O) groups is 1. The fourth-order valence-corrected chi connectivity index (χ4v) is 4.60. The predicted octanol–water partition coefficient (Wildman–Crippen LogP) is 4.81. The molecule has 0 aromatic heterocycles. The predicted molar refractivity (Wildman–Crippen MR) is 125 cm³/mol. The minimum atomic E-state index is -3.95. The average Bonchev–Trinajstić information content (AvgIpc) is 2.74. The summed E-state index contributed by atoms with van der Waals surface area (Å²) in [6.45, 7) is 3.95. The maximum atomic E-state index is 13.4. The van der Waals surface area contributed by atoms with Crippen LogP contribution in [0.4, 0.5) is 5.69 Å². The van der Waals surface area contributed by atoms with Crippen molar-refractivity contribution in [1.29, 1.82) is 0 Å². The first kappa shape index (κ1) is 22.8. The van der Waals surface area contributed by atoms with Crippen LogP contribution in [0.3, 0.4) is 0 Å². The summed E-state index contributed by atoms with van der Waals surface area (Å²) >= 11 is 5.98. The highest BCUT2D eigenvalue weighted by atomic mass is 35.5. The number of halogens is 1. The van der Waals surface area contributed by atoms with Crippen molar-refractivity contribution in [1.82, 2.24) is 4.90 Å². The van der Waals surface area contributed by atoms with Gasteiger partial charge in [-0.15, -0.1) is 0 Å². The number of sulfonamides is 1. The van der Waals surface area contributed by atoms with Crippen LogP contribution in [-0.2, 0) is 21.4 Å². The van der Waals surface area contributed by atoms with Crippen LogP contribution in [0, 0.1) is 13.8 Å². The lowest BCUT2D eigenvalue weighted by Crippen LogP contribution is -2.41. The largest absolute Gasteiger partial charge is 0.340 e. The number of amides is 1. The van der Waals surface area contributed by atoms with Crippen molar-refractivity contribution in [3.63, 3.8) is 0 Å². The SMILES string of the molecule is Cc1ccc(CN(C)C(=O)CN(c2ccc(Cl)cc2)S(=O)(=O)c2ccc(C)cc2)cc1. The molecule has 0 aliphatic rings. The quantitative estimate of drug-likeness (QED) is 0.512. The van der Waals surface area contributed by atoms with Gasteiger partial charge < -0.3 is 4.90 Å². The van der Waals surface area contributed by atoms with Gasteiger partial charge in [-0.3, -0.25) is 9.10 Å². The highest BCUT2D eigenvalue weighted by Gasteiger charge is 2.28. The molecule has 3 aromatic carbocycles. The molecule has 162 valence electrons. The van der Waals surface area contributed by atoms with E-state index in [9.17, 15) is 13.2 Å². The monoisotopic (exact) mass is 456 g/mol. The minimum absolute atomic E-state index is 0.127. The summed E-state index contributed by atoms with van der Waals surface area (Å²) in [4.78, 5) is 14.6. The maximum absolute atomic E-state index is 13.4. The lowest BCUT2D eigenvalue weighted by Gasteiger charge is -2.27. The number of hydrogen-bond donors (Lipinski definition) is 0. The molecule has 0 atom stereocenters. The Balaban J connectivity index is 1.89. The smallest absolute Gasteiger partial charge is 0.264 e. The fourth-order valence-electron chi connectivity index (χ4n) is 3.06. The van der Waals surface area contributed by atoms with Crippen molar-refractivity contribution in [3.8, 4) is 0 Å². The summed E-state index contributed by atoms with van der Waals surface area (Å²) in [5.74, 6) is -0.314.